The second-order valence-electron chi connectivity index (χ2n) is 5.76. The van der Waals surface area contributed by atoms with E-state index in [-0.39, 0.29) is 51.0 Å². The van der Waals surface area contributed by atoms with Crippen molar-refractivity contribution in [2.45, 2.75) is 6.42 Å². The van der Waals surface area contributed by atoms with E-state index in [0.717, 1.165) is 10.9 Å². The first-order valence-corrected chi connectivity index (χ1v) is 8.48. The molecule has 0 N–H and O–H groups in total. The molecule has 1 nitrogen and oxygen atoms in total. The first-order valence-electron chi connectivity index (χ1n) is 7.69. The summed E-state index contributed by atoms with van der Waals surface area (Å²) in [6.07, 6.45) is 1.03. The molecule has 5 heteroatoms. The molecule has 1 aliphatic carbocycles. The molecule has 0 unspecified atom stereocenters. The van der Waals surface area contributed by atoms with Crippen molar-refractivity contribution in [3.63, 3.8) is 0 Å². The van der Waals surface area contributed by atoms with Gasteiger partial charge in [-0.25, -0.2) is 12.1 Å². The fraction of sp³-hybridized carbons (Fsp3) is 0.0952. The second kappa shape index (κ2) is 9.99. The molecule has 0 saturated heterocycles. The molecule has 0 saturated carbocycles. The van der Waals surface area contributed by atoms with Crippen molar-refractivity contribution >= 4 is 26.8 Å². The molecule has 130 valence electrons. The molecule has 1 aromatic heterocycles. The molecule has 0 atom stereocenters. The average Bonchev–Trinajstić information content (AvgIpc) is 3.28. The van der Waals surface area contributed by atoms with Gasteiger partial charge in [-0.05, 0) is 16.8 Å². The number of nitrogens with zero attached hydrogens (tertiary/aromatic N) is 1. The normalized spacial score (nSPS) is 10.4. The van der Waals surface area contributed by atoms with Gasteiger partial charge in [-0.3, -0.25) is 0 Å². The second-order valence-corrected chi connectivity index (χ2v) is 6.67. The van der Waals surface area contributed by atoms with Gasteiger partial charge in [0, 0.05) is 13.5 Å². The Labute approximate surface area is 194 Å². The standard InChI is InChI=1S/C16H11BrN.C5H5.2ClH.Zr/c1-18-14-9-11(17)6-7-13(14)16-12-5-3-2-4-10(12)8-15(16)18;1-2-4-5-3-1;;;/h2-6,9H,8H2,1H3;1-5H;2*1H;/q2*-1;;;+4/p-2. The van der Waals surface area contributed by atoms with Gasteiger partial charge in [0.05, 0.1) is 0 Å². The Bertz CT molecular complexity index is 960. The van der Waals surface area contributed by atoms with Gasteiger partial charge in [0.2, 0.25) is 0 Å². The van der Waals surface area contributed by atoms with E-state index < -0.39 is 0 Å². The third kappa shape index (κ3) is 4.23. The molecule has 1 heterocycles. The Hall–Kier alpha value is -0.727. The third-order valence-electron chi connectivity index (χ3n) is 4.39. The van der Waals surface area contributed by atoms with Crippen LogP contribution in [0.2, 0.25) is 0 Å². The summed E-state index contributed by atoms with van der Waals surface area (Å²) in [7, 11) is 2.15. The molecular weight excluding hydrogens is 508 g/mol. The van der Waals surface area contributed by atoms with Crippen molar-refractivity contribution in [2.75, 3.05) is 0 Å². The van der Waals surface area contributed by atoms with Crippen LogP contribution in [-0.2, 0) is 39.7 Å². The summed E-state index contributed by atoms with van der Waals surface area (Å²) in [5.74, 6) is 0. The van der Waals surface area contributed by atoms with Gasteiger partial charge in [0.15, 0.2) is 0 Å². The van der Waals surface area contributed by atoms with Gasteiger partial charge in [-0.1, -0.05) is 39.9 Å². The minimum absolute atomic E-state index is 0. The van der Waals surface area contributed by atoms with Crippen LogP contribution in [-0.4, -0.2) is 4.57 Å². The van der Waals surface area contributed by atoms with Crippen LogP contribution in [0.3, 0.4) is 0 Å². The van der Waals surface area contributed by atoms with Crippen molar-refractivity contribution in [3.05, 3.63) is 88.5 Å². The maximum atomic E-state index is 3.53. The van der Waals surface area contributed by atoms with Gasteiger partial charge < -0.3 is 29.4 Å². The van der Waals surface area contributed by atoms with E-state index in [0.29, 0.717) is 0 Å². The van der Waals surface area contributed by atoms with Crippen LogP contribution in [0.25, 0.3) is 22.0 Å². The summed E-state index contributed by atoms with van der Waals surface area (Å²) >= 11 is 3.53. The quantitative estimate of drug-likeness (QED) is 0.246. The number of fused-ring (bicyclic) bond motifs is 5. The number of rotatable bonds is 0. The van der Waals surface area contributed by atoms with Crippen LogP contribution in [0, 0.1) is 6.07 Å². The Morgan fingerprint density at radius 2 is 1.77 bits per heavy atom. The summed E-state index contributed by atoms with van der Waals surface area (Å²) < 4.78 is 3.38. The van der Waals surface area contributed by atoms with E-state index in [9.17, 15) is 0 Å². The van der Waals surface area contributed by atoms with Crippen molar-refractivity contribution in [1.29, 1.82) is 0 Å². The van der Waals surface area contributed by atoms with Gasteiger partial charge in [-0.2, -0.15) is 18.2 Å². The molecule has 1 aliphatic rings. The van der Waals surface area contributed by atoms with E-state index in [1.807, 2.05) is 36.4 Å². The van der Waals surface area contributed by atoms with E-state index in [1.165, 1.54) is 33.3 Å². The van der Waals surface area contributed by atoms with E-state index in [2.05, 4.69) is 63.9 Å². The number of benzene rings is 2. The largest absolute Gasteiger partial charge is 4.00 e. The zero-order chi connectivity index (χ0) is 15.8. The molecular formula is C21H16BrCl2NZr. The molecule has 26 heavy (non-hydrogen) atoms. The van der Waals surface area contributed by atoms with Crippen LogP contribution in [0.5, 0.6) is 0 Å². The molecule has 0 spiro atoms. The Morgan fingerprint density at radius 1 is 1.08 bits per heavy atom. The topological polar surface area (TPSA) is 4.93 Å². The zero-order valence-electron chi connectivity index (χ0n) is 14.1. The summed E-state index contributed by atoms with van der Waals surface area (Å²) in [6, 6.07) is 26.3. The third-order valence-corrected chi connectivity index (χ3v) is 4.85. The van der Waals surface area contributed by atoms with E-state index in [4.69, 9.17) is 0 Å². The first kappa shape index (κ1) is 23.3. The predicted molar refractivity (Wildman–Crippen MR) is 99.7 cm³/mol. The van der Waals surface area contributed by atoms with Crippen molar-refractivity contribution in [1.82, 2.24) is 4.57 Å². The van der Waals surface area contributed by atoms with Crippen molar-refractivity contribution in [2.24, 2.45) is 7.05 Å². The molecule has 0 aliphatic heterocycles. The minimum Gasteiger partial charge on any atom is -1.00 e. The number of aromatic nitrogens is 1. The minimum atomic E-state index is 0. The maximum Gasteiger partial charge on any atom is 4.00 e. The summed E-state index contributed by atoms with van der Waals surface area (Å²) in [5, 5.41) is 1.24. The van der Waals surface area contributed by atoms with Gasteiger partial charge in [-0.15, -0.1) is 39.5 Å². The summed E-state index contributed by atoms with van der Waals surface area (Å²) in [5.41, 5.74) is 6.83. The average molecular weight is 524 g/mol. The summed E-state index contributed by atoms with van der Waals surface area (Å²) in [4.78, 5) is 0. The van der Waals surface area contributed by atoms with Crippen molar-refractivity contribution < 1.29 is 51.0 Å². The van der Waals surface area contributed by atoms with Crippen LogP contribution in [0.1, 0.15) is 11.3 Å². The van der Waals surface area contributed by atoms with Gasteiger partial charge in [0.25, 0.3) is 0 Å². The van der Waals surface area contributed by atoms with Crippen LogP contribution in [0.15, 0.2) is 71.2 Å². The van der Waals surface area contributed by atoms with E-state index in [1.54, 1.807) is 0 Å². The van der Waals surface area contributed by atoms with Crippen LogP contribution >= 0.6 is 15.9 Å². The van der Waals surface area contributed by atoms with Gasteiger partial charge in [0.1, 0.15) is 0 Å². The van der Waals surface area contributed by atoms with Crippen molar-refractivity contribution in [3.8, 4) is 11.1 Å². The SMILES string of the molecule is Cn1c2c(c3[c-]cc(Br)cc31)-c1ccccc1C2.[Cl-].[Cl-].[Zr+4].c1cc[cH-]c1. The Morgan fingerprint density at radius 3 is 2.42 bits per heavy atom. The fourth-order valence-electron chi connectivity index (χ4n) is 3.30. The molecule has 0 bridgehead atoms. The maximum absolute atomic E-state index is 3.53. The molecule has 0 fully saturated rings. The molecule has 5 rings (SSSR count). The molecule has 0 amide bonds. The molecule has 3 aromatic carbocycles. The van der Waals surface area contributed by atoms with Crippen LogP contribution < -0.4 is 24.8 Å². The van der Waals surface area contributed by atoms with Gasteiger partial charge >= 0.3 is 26.2 Å². The molecule has 4 aromatic rings. The molecule has 0 radical (unpaired) electrons. The monoisotopic (exact) mass is 521 g/mol. The van der Waals surface area contributed by atoms with E-state index >= 15 is 0 Å². The fourth-order valence-corrected chi connectivity index (χ4v) is 3.63. The smallest absolute Gasteiger partial charge is 1.00 e. The predicted octanol–water partition coefficient (Wildman–Crippen LogP) is -0.277. The summed E-state index contributed by atoms with van der Waals surface area (Å²) in [6.45, 7) is 0. The Balaban J connectivity index is 0.000000372. The number of halogens is 3. The number of hydrogen-bond acceptors (Lipinski definition) is 0. The number of aryl methyl sites for hydroxylation is 1. The van der Waals surface area contributed by atoms with Crippen LogP contribution in [0.4, 0.5) is 0 Å². The number of hydrogen-bond donors (Lipinski definition) is 0. The first-order chi connectivity index (χ1) is 11.3. The zero-order valence-corrected chi connectivity index (χ0v) is 19.7. The Kier molecular flexibility index (Phi) is 8.96.